The van der Waals surface area contributed by atoms with Crippen molar-refractivity contribution in [1.82, 2.24) is 10.2 Å². The predicted molar refractivity (Wildman–Crippen MR) is 140 cm³/mol. The molecule has 1 amide bonds. The molecule has 0 aromatic heterocycles. The average molecular weight is 527 g/mol. The van der Waals surface area contributed by atoms with E-state index in [-0.39, 0.29) is 50.2 Å². The normalized spacial score (nSPS) is 23.8. The number of carboxylic acid groups (broad SMARTS) is 1. The van der Waals surface area contributed by atoms with Gasteiger partial charge in [0.05, 0.1) is 25.4 Å². The molecule has 2 saturated heterocycles. The van der Waals surface area contributed by atoms with E-state index < -0.39 is 12.3 Å². The first kappa shape index (κ1) is 28.2. The van der Waals surface area contributed by atoms with E-state index in [0.29, 0.717) is 19.4 Å². The van der Waals surface area contributed by atoms with Crippen molar-refractivity contribution >= 4 is 11.9 Å². The van der Waals surface area contributed by atoms with E-state index >= 15 is 0 Å². The lowest BCUT2D eigenvalue weighted by atomic mass is 9.99. The van der Waals surface area contributed by atoms with E-state index in [4.69, 9.17) is 14.6 Å². The highest BCUT2D eigenvalue weighted by Gasteiger charge is 2.35. The Morgan fingerprint density at radius 1 is 0.947 bits per heavy atom. The van der Waals surface area contributed by atoms with Crippen molar-refractivity contribution in [2.75, 3.05) is 19.7 Å². The summed E-state index contributed by atoms with van der Waals surface area (Å²) in [4.78, 5) is 24.9. The fraction of sp³-hybridized carbons (Fsp3) is 0.517. The van der Waals surface area contributed by atoms with Gasteiger partial charge in [0.2, 0.25) is 5.91 Å². The third kappa shape index (κ3) is 7.85. The monoisotopic (exact) mass is 526 g/mol. The lowest BCUT2D eigenvalue weighted by Crippen LogP contribution is -2.42. The number of aliphatic hydroxyl groups excluding tert-OH is 2. The number of carboxylic acids is 1. The Morgan fingerprint density at radius 3 is 2.34 bits per heavy atom. The van der Waals surface area contributed by atoms with Crippen LogP contribution in [0.3, 0.4) is 0 Å². The first-order valence-electron chi connectivity index (χ1n) is 13.4. The van der Waals surface area contributed by atoms with Crippen molar-refractivity contribution < 1.29 is 34.4 Å². The van der Waals surface area contributed by atoms with Crippen molar-refractivity contribution in [3.05, 3.63) is 70.8 Å². The van der Waals surface area contributed by atoms with Gasteiger partial charge in [0.1, 0.15) is 0 Å². The SMILES string of the molecule is O=C(O)CCCC(=O)NCc1ccc([C@H]2O[C@@H](CN3CCC[C@H]3CO)C[C@@H](c3ccc(CO)cc3)O2)cc1. The standard InChI is InChI=1S/C29H38N2O7/c32-18-21-8-10-22(11-9-21)26-15-25(17-31-14-2-3-24(31)19-33)37-29(38-26)23-12-6-20(7-13-23)16-30-27(34)4-1-5-28(35)36/h6-13,24-26,29,32-33H,1-5,14-19H2,(H,30,34)(H,35,36)/t24-,25+,26-,29-/m0/s1. The first-order chi connectivity index (χ1) is 18.4. The number of amides is 1. The molecule has 0 bridgehead atoms. The van der Waals surface area contributed by atoms with Gasteiger partial charge in [-0.1, -0.05) is 48.5 Å². The summed E-state index contributed by atoms with van der Waals surface area (Å²) in [6.45, 7) is 2.17. The van der Waals surface area contributed by atoms with Crippen LogP contribution in [0.25, 0.3) is 0 Å². The van der Waals surface area contributed by atoms with Crippen molar-refractivity contribution in [1.29, 1.82) is 0 Å². The van der Waals surface area contributed by atoms with Crippen molar-refractivity contribution in [3.63, 3.8) is 0 Å². The lowest BCUT2D eigenvalue weighted by molar-refractivity contribution is -0.253. The average Bonchev–Trinajstić information content (AvgIpc) is 3.39. The van der Waals surface area contributed by atoms with E-state index in [2.05, 4.69) is 10.2 Å². The smallest absolute Gasteiger partial charge is 0.303 e. The van der Waals surface area contributed by atoms with E-state index in [1.807, 2.05) is 48.5 Å². The summed E-state index contributed by atoms with van der Waals surface area (Å²) >= 11 is 0. The molecule has 0 unspecified atom stereocenters. The molecular formula is C29H38N2O7. The molecule has 2 aromatic rings. The number of benzene rings is 2. The second-order valence-electron chi connectivity index (χ2n) is 10.1. The van der Waals surface area contributed by atoms with Gasteiger partial charge in [0, 0.05) is 44.0 Å². The zero-order chi connectivity index (χ0) is 26.9. The molecule has 0 radical (unpaired) electrons. The molecule has 2 fully saturated rings. The van der Waals surface area contributed by atoms with Crippen LogP contribution < -0.4 is 5.32 Å². The predicted octanol–water partition coefficient (Wildman–Crippen LogP) is 3.05. The summed E-state index contributed by atoms with van der Waals surface area (Å²) in [7, 11) is 0. The largest absolute Gasteiger partial charge is 0.481 e. The third-order valence-corrected chi connectivity index (χ3v) is 7.30. The number of hydrogen-bond donors (Lipinski definition) is 4. The van der Waals surface area contributed by atoms with Gasteiger partial charge in [-0.15, -0.1) is 0 Å². The molecule has 0 saturated carbocycles. The molecule has 0 spiro atoms. The zero-order valence-electron chi connectivity index (χ0n) is 21.6. The van der Waals surface area contributed by atoms with Gasteiger partial charge >= 0.3 is 5.97 Å². The van der Waals surface area contributed by atoms with E-state index in [1.54, 1.807) is 0 Å². The summed E-state index contributed by atoms with van der Waals surface area (Å²) in [5.41, 5.74) is 3.68. The van der Waals surface area contributed by atoms with Crippen LogP contribution in [0.15, 0.2) is 48.5 Å². The number of ether oxygens (including phenoxy) is 2. The minimum Gasteiger partial charge on any atom is -0.481 e. The second kappa shape index (κ2) is 13.8. The number of nitrogens with zero attached hydrogens (tertiary/aromatic N) is 1. The molecule has 4 N–H and O–H groups in total. The van der Waals surface area contributed by atoms with Crippen LogP contribution in [-0.4, -0.2) is 63.9 Å². The Labute approximate surface area is 223 Å². The van der Waals surface area contributed by atoms with Gasteiger partial charge in [-0.2, -0.15) is 0 Å². The van der Waals surface area contributed by atoms with Gasteiger partial charge in [-0.25, -0.2) is 0 Å². The molecule has 0 aliphatic carbocycles. The summed E-state index contributed by atoms with van der Waals surface area (Å²) in [6.07, 6.45) is 2.42. The topological polar surface area (TPSA) is 129 Å². The highest BCUT2D eigenvalue weighted by atomic mass is 16.7. The summed E-state index contributed by atoms with van der Waals surface area (Å²) < 4.78 is 12.8. The van der Waals surface area contributed by atoms with Crippen LogP contribution >= 0.6 is 0 Å². The van der Waals surface area contributed by atoms with E-state index in [1.165, 1.54) is 0 Å². The Hall–Kier alpha value is -2.82. The molecular weight excluding hydrogens is 488 g/mol. The van der Waals surface area contributed by atoms with Crippen LogP contribution in [0.4, 0.5) is 0 Å². The number of aliphatic hydroxyl groups is 2. The number of nitrogens with one attached hydrogen (secondary N) is 1. The number of aliphatic carboxylic acids is 1. The van der Waals surface area contributed by atoms with Gasteiger partial charge in [-0.05, 0) is 42.5 Å². The second-order valence-corrected chi connectivity index (χ2v) is 10.1. The molecule has 38 heavy (non-hydrogen) atoms. The fourth-order valence-electron chi connectivity index (χ4n) is 5.12. The number of carbonyl (C=O) groups excluding carboxylic acids is 1. The maximum Gasteiger partial charge on any atom is 0.303 e. The first-order valence-corrected chi connectivity index (χ1v) is 13.4. The van der Waals surface area contributed by atoms with Crippen molar-refractivity contribution in [2.45, 2.75) is 76.2 Å². The van der Waals surface area contributed by atoms with Crippen LogP contribution in [0.2, 0.25) is 0 Å². The Bertz CT molecular complexity index is 1040. The highest BCUT2D eigenvalue weighted by molar-refractivity contribution is 5.76. The van der Waals surface area contributed by atoms with E-state index in [0.717, 1.165) is 48.2 Å². The van der Waals surface area contributed by atoms with Gasteiger partial charge in [-0.3, -0.25) is 14.5 Å². The Balaban J connectivity index is 1.41. The molecule has 4 rings (SSSR count). The minimum atomic E-state index is -0.902. The number of carbonyl (C=O) groups is 2. The minimum absolute atomic E-state index is 0.00713. The van der Waals surface area contributed by atoms with Crippen molar-refractivity contribution in [3.8, 4) is 0 Å². The summed E-state index contributed by atoms with van der Waals surface area (Å²) in [5.74, 6) is -1.07. The van der Waals surface area contributed by atoms with Crippen LogP contribution in [0.1, 0.15) is 73.2 Å². The van der Waals surface area contributed by atoms with Crippen LogP contribution in [0.5, 0.6) is 0 Å². The number of likely N-dealkylation sites (tertiary alicyclic amines) is 1. The van der Waals surface area contributed by atoms with Crippen molar-refractivity contribution in [2.24, 2.45) is 0 Å². The summed E-state index contributed by atoms with van der Waals surface area (Å²) in [6, 6.07) is 15.7. The molecule has 4 atom stereocenters. The fourth-order valence-corrected chi connectivity index (χ4v) is 5.12. The summed E-state index contributed by atoms with van der Waals surface area (Å²) in [5, 5.41) is 30.7. The molecule has 9 nitrogen and oxygen atoms in total. The molecule has 206 valence electrons. The number of hydrogen-bond acceptors (Lipinski definition) is 7. The lowest BCUT2D eigenvalue weighted by Gasteiger charge is -2.38. The maximum absolute atomic E-state index is 12.0. The zero-order valence-corrected chi connectivity index (χ0v) is 21.6. The quantitative estimate of drug-likeness (QED) is 0.332. The van der Waals surface area contributed by atoms with Gasteiger partial charge in [0.25, 0.3) is 0 Å². The maximum atomic E-state index is 12.0. The van der Waals surface area contributed by atoms with Gasteiger partial charge < -0.3 is 30.1 Å². The number of rotatable bonds is 12. The third-order valence-electron chi connectivity index (χ3n) is 7.30. The molecule has 2 aromatic carbocycles. The van der Waals surface area contributed by atoms with E-state index in [9.17, 15) is 19.8 Å². The molecule has 2 aliphatic heterocycles. The Morgan fingerprint density at radius 2 is 1.66 bits per heavy atom. The highest BCUT2D eigenvalue weighted by Crippen LogP contribution is 2.38. The van der Waals surface area contributed by atoms with Crippen LogP contribution in [0, 0.1) is 0 Å². The molecule has 9 heteroatoms. The molecule has 2 heterocycles. The van der Waals surface area contributed by atoms with Gasteiger partial charge in [0.15, 0.2) is 6.29 Å². The molecule has 2 aliphatic rings. The Kier molecular flexibility index (Phi) is 10.3. The van der Waals surface area contributed by atoms with Crippen LogP contribution in [-0.2, 0) is 32.2 Å².